The standard InChI is InChI=1S/C13H17NO5S/c1-8-7-9(19-2)10(20-8)11(15)14-5-3-13(18,4-6-14)12(16)17/h7,18H,3-6H2,1-2H3,(H,16,17). The summed E-state index contributed by atoms with van der Waals surface area (Å²) in [4.78, 5) is 26.4. The van der Waals surface area contributed by atoms with Crippen LogP contribution in [0.3, 0.4) is 0 Å². The Morgan fingerprint density at radius 3 is 2.50 bits per heavy atom. The van der Waals surface area contributed by atoms with Crippen LogP contribution >= 0.6 is 11.3 Å². The second kappa shape index (κ2) is 5.41. The summed E-state index contributed by atoms with van der Waals surface area (Å²) in [5, 5.41) is 18.8. The van der Waals surface area contributed by atoms with E-state index in [1.807, 2.05) is 6.92 Å². The highest BCUT2D eigenvalue weighted by Gasteiger charge is 2.41. The summed E-state index contributed by atoms with van der Waals surface area (Å²) < 4.78 is 5.18. The Morgan fingerprint density at radius 1 is 1.40 bits per heavy atom. The monoisotopic (exact) mass is 299 g/mol. The third-order valence-electron chi connectivity index (χ3n) is 3.51. The molecule has 0 bridgehead atoms. The van der Waals surface area contributed by atoms with Gasteiger partial charge in [0, 0.05) is 30.8 Å². The van der Waals surface area contributed by atoms with Gasteiger partial charge in [-0.1, -0.05) is 0 Å². The van der Waals surface area contributed by atoms with Crippen LogP contribution in [-0.2, 0) is 4.79 Å². The van der Waals surface area contributed by atoms with Crippen molar-refractivity contribution in [2.24, 2.45) is 0 Å². The number of ether oxygens (including phenoxy) is 1. The van der Waals surface area contributed by atoms with Gasteiger partial charge in [0.2, 0.25) is 0 Å². The summed E-state index contributed by atoms with van der Waals surface area (Å²) in [5.74, 6) is -0.863. The normalized spacial score (nSPS) is 17.9. The van der Waals surface area contributed by atoms with E-state index in [0.29, 0.717) is 10.6 Å². The van der Waals surface area contributed by atoms with Crippen LogP contribution in [0.15, 0.2) is 6.07 Å². The van der Waals surface area contributed by atoms with Crippen molar-refractivity contribution in [3.8, 4) is 5.75 Å². The van der Waals surface area contributed by atoms with Gasteiger partial charge < -0.3 is 19.8 Å². The number of rotatable bonds is 3. The lowest BCUT2D eigenvalue weighted by Crippen LogP contribution is -2.50. The van der Waals surface area contributed by atoms with Crippen molar-refractivity contribution in [3.63, 3.8) is 0 Å². The Hall–Kier alpha value is -1.60. The number of carboxylic acids is 1. The molecule has 0 spiro atoms. The molecule has 0 radical (unpaired) electrons. The second-order valence-corrected chi connectivity index (χ2v) is 6.14. The first kappa shape index (κ1) is 14.8. The molecule has 7 heteroatoms. The van der Waals surface area contributed by atoms with E-state index in [2.05, 4.69) is 0 Å². The molecular weight excluding hydrogens is 282 g/mol. The maximum Gasteiger partial charge on any atom is 0.335 e. The Labute approximate surface area is 120 Å². The number of nitrogens with zero attached hydrogens (tertiary/aromatic N) is 1. The minimum atomic E-state index is -1.72. The van der Waals surface area contributed by atoms with Gasteiger partial charge in [-0.15, -0.1) is 11.3 Å². The van der Waals surface area contributed by atoms with Crippen molar-refractivity contribution in [1.82, 2.24) is 4.90 Å². The van der Waals surface area contributed by atoms with E-state index in [1.54, 1.807) is 11.0 Å². The maximum atomic E-state index is 12.4. The fourth-order valence-corrected chi connectivity index (χ4v) is 3.18. The van der Waals surface area contributed by atoms with Crippen LogP contribution < -0.4 is 4.74 Å². The molecule has 1 aromatic rings. The Balaban J connectivity index is 2.10. The molecule has 110 valence electrons. The van der Waals surface area contributed by atoms with Gasteiger partial charge in [0.1, 0.15) is 10.6 Å². The van der Waals surface area contributed by atoms with E-state index in [4.69, 9.17) is 9.84 Å². The highest BCUT2D eigenvalue weighted by molar-refractivity contribution is 7.14. The van der Waals surface area contributed by atoms with E-state index >= 15 is 0 Å². The molecule has 1 aromatic heterocycles. The van der Waals surface area contributed by atoms with Crippen molar-refractivity contribution in [2.75, 3.05) is 20.2 Å². The van der Waals surface area contributed by atoms with Crippen LogP contribution in [0, 0.1) is 6.92 Å². The molecular formula is C13H17NO5S. The third kappa shape index (κ3) is 2.64. The quantitative estimate of drug-likeness (QED) is 0.873. The topological polar surface area (TPSA) is 87.1 Å². The second-order valence-electron chi connectivity index (χ2n) is 4.88. The molecule has 1 aliphatic heterocycles. The highest BCUT2D eigenvalue weighted by Crippen LogP contribution is 2.31. The number of amides is 1. The first-order valence-corrected chi connectivity index (χ1v) is 7.08. The lowest BCUT2D eigenvalue weighted by Gasteiger charge is -2.35. The molecule has 6 nitrogen and oxygen atoms in total. The van der Waals surface area contributed by atoms with Gasteiger partial charge >= 0.3 is 5.97 Å². The number of hydrogen-bond acceptors (Lipinski definition) is 5. The lowest BCUT2D eigenvalue weighted by atomic mass is 9.91. The predicted molar refractivity (Wildman–Crippen MR) is 73.3 cm³/mol. The summed E-state index contributed by atoms with van der Waals surface area (Å²) in [6.45, 7) is 2.34. The van der Waals surface area contributed by atoms with Crippen molar-refractivity contribution in [2.45, 2.75) is 25.4 Å². The highest BCUT2D eigenvalue weighted by atomic mass is 32.1. The smallest absolute Gasteiger partial charge is 0.335 e. The number of aliphatic carboxylic acids is 1. The molecule has 0 unspecified atom stereocenters. The van der Waals surface area contributed by atoms with Crippen LogP contribution in [0.5, 0.6) is 5.75 Å². The number of aryl methyl sites for hydroxylation is 1. The van der Waals surface area contributed by atoms with Gasteiger partial charge in [0.05, 0.1) is 7.11 Å². The van der Waals surface area contributed by atoms with E-state index in [9.17, 15) is 14.7 Å². The molecule has 0 aromatic carbocycles. The molecule has 2 heterocycles. The first-order valence-electron chi connectivity index (χ1n) is 6.27. The lowest BCUT2D eigenvalue weighted by molar-refractivity contribution is -0.162. The van der Waals surface area contributed by atoms with E-state index in [0.717, 1.165) is 4.88 Å². The zero-order valence-electron chi connectivity index (χ0n) is 11.4. The average molecular weight is 299 g/mol. The van der Waals surface area contributed by atoms with Gasteiger partial charge in [0.15, 0.2) is 5.60 Å². The minimum absolute atomic E-state index is 0.0424. The largest absolute Gasteiger partial charge is 0.495 e. The molecule has 0 saturated carbocycles. The van der Waals surface area contributed by atoms with Gasteiger partial charge in [0.25, 0.3) is 5.91 Å². The van der Waals surface area contributed by atoms with Crippen molar-refractivity contribution < 1.29 is 24.5 Å². The number of carbonyl (C=O) groups excluding carboxylic acids is 1. The number of methoxy groups -OCH3 is 1. The van der Waals surface area contributed by atoms with Crippen LogP contribution in [0.2, 0.25) is 0 Å². The summed E-state index contributed by atoms with van der Waals surface area (Å²) >= 11 is 1.35. The Morgan fingerprint density at radius 2 is 2.00 bits per heavy atom. The fourth-order valence-electron chi connectivity index (χ4n) is 2.23. The molecule has 1 aliphatic rings. The molecule has 0 aliphatic carbocycles. The van der Waals surface area contributed by atoms with Crippen LogP contribution in [0.4, 0.5) is 0 Å². The summed E-state index contributed by atoms with van der Waals surface area (Å²) in [6, 6.07) is 1.80. The number of piperidine rings is 1. The molecule has 1 saturated heterocycles. The number of likely N-dealkylation sites (tertiary alicyclic amines) is 1. The number of aliphatic hydroxyl groups is 1. The van der Waals surface area contributed by atoms with Crippen LogP contribution in [-0.4, -0.2) is 52.8 Å². The summed E-state index contributed by atoms with van der Waals surface area (Å²) in [5.41, 5.74) is -1.72. The fraction of sp³-hybridized carbons (Fsp3) is 0.538. The predicted octanol–water partition coefficient (Wildman–Crippen LogP) is 1.12. The minimum Gasteiger partial charge on any atom is -0.495 e. The number of carbonyl (C=O) groups is 2. The maximum absolute atomic E-state index is 12.4. The molecule has 2 rings (SSSR count). The van der Waals surface area contributed by atoms with Gasteiger partial charge in [-0.25, -0.2) is 4.79 Å². The van der Waals surface area contributed by atoms with Crippen LogP contribution in [0.1, 0.15) is 27.4 Å². The number of thiophene rings is 1. The molecule has 0 atom stereocenters. The Kier molecular flexibility index (Phi) is 4.01. The molecule has 1 amide bonds. The van der Waals surface area contributed by atoms with Crippen molar-refractivity contribution >= 4 is 23.2 Å². The van der Waals surface area contributed by atoms with Crippen LogP contribution in [0.25, 0.3) is 0 Å². The van der Waals surface area contributed by atoms with Crippen molar-refractivity contribution in [3.05, 3.63) is 15.8 Å². The number of carboxylic acid groups (broad SMARTS) is 1. The van der Waals surface area contributed by atoms with Gasteiger partial charge in [-0.05, 0) is 13.0 Å². The van der Waals surface area contributed by atoms with E-state index in [-0.39, 0.29) is 31.8 Å². The zero-order chi connectivity index (χ0) is 14.9. The molecule has 1 fully saturated rings. The Bertz CT molecular complexity index is 531. The zero-order valence-corrected chi connectivity index (χ0v) is 12.2. The summed E-state index contributed by atoms with van der Waals surface area (Å²) in [7, 11) is 1.51. The van der Waals surface area contributed by atoms with Crippen molar-refractivity contribution in [1.29, 1.82) is 0 Å². The molecule has 2 N–H and O–H groups in total. The van der Waals surface area contributed by atoms with Gasteiger partial charge in [-0.2, -0.15) is 0 Å². The molecule has 20 heavy (non-hydrogen) atoms. The number of hydrogen-bond donors (Lipinski definition) is 2. The first-order chi connectivity index (χ1) is 9.37. The summed E-state index contributed by atoms with van der Waals surface area (Å²) in [6.07, 6.45) is 0.0848. The van der Waals surface area contributed by atoms with E-state index in [1.165, 1.54) is 18.4 Å². The van der Waals surface area contributed by atoms with E-state index < -0.39 is 11.6 Å². The SMILES string of the molecule is COc1cc(C)sc1C(=O)N1CCC(O)(C(=O)O)CC1. The van der Waals surface area contributed by atoms with Gasteiger partial charge in [-0.3, -0.25) is 4.79 Å². The third-order valence-corrected chi connectivity index (χ3v) is 4.53. The average Bonchev–Trinajstić information content (AvgIpc) is 2.80.